The number of aromatic nitrogens is 3. The highest BCUT2D eigenvalue weighted by Crippen LogP contribution is 2.13. The van der Waals surface area contributed by atoms with E-state index < -0.39 is 0 Å². The Bertz CT molecular complexity index is 694. The minimum atomic E-state index is 0.455. The maximum absolute atomic E-state index is 9.83. The Kier molecular flexibility index (Phi) is 5.13. The summed E-state index contributed by atoms with van der Waals surface area (Å²) in [5, 5.41) is 7.96. The van der Waals surface area contributed by atoms with Gasteiger partial charge in [-0.1, -0.05) is 5.16 Å². The molecule has 2 N–H and O–H groups in total. The van der Waals surface area contributed by atoms with Crippen molar-refractivity contribution >= 4 is 12.1 Å². The van der Waals surface area contributed by atoms with Gasteiger partial charge in [0.15, 0.2) is 0 Å². The molecule has 0 atom stereocenters. The number of carbonyl (C=O) groups excluding carboxylic acids is 1. The molecule has 0 aliphatic rings. The number of nitrogens with two attached hydrogens (primary N) is 1. The molecule has 0 aliphatic carbocycles. The van der Waals surface area contributed by atoms with Crippen LogP contribution in [-0.4, -0.2) is 21.2 Å². The van der Waals surface area contributed by atoms with Crippen LogP contribution in [-0.2, 0) is 17.8 Å². The van der Waals surface area contributed by atoms with Gasteiger partial charge in [0.25, 0.3) is 0 Å². The third-order valence-corrected chi connectivity index (χ3v) is 3.06. The van der Waals surface area contributed by atoms with Gasteiger partial charge in [-0.05, 0) is 31.5 Å². The Morgan fingerprint density at radius 2 is 2.18 bits per heavy atom. The molecule has 0 fully saturated rings. The van der Waals surface area contributed by atoms with Crippen LogP contribution in [0.5, 0.6) is 0 Å². The van der Waals surface area contributed by atoms with E-state index in [-0.39, 0.29) is 0 Å². The summed E-state index contributed by atoms with van der Waals surface area (Å²) in [5.74, 6) is 1.35. The van der Waals surface area contributed by atoms with Gasteiger partial charge in [0, 0.05) is 18.2 Å². The Hall–Kier alpha value is -2.83. The van der Waals surface area contributed by atoms with Crippen molar-refractivity contribution in [1.29, 1.82) is 0 Å². The molecule has 3 aromatic rings. The lowest BCUT2D eigenvalue weighted by molar-refractivity contribution is -0.107. The van der Waals surface area contributed by atoms with Crippen LogP contribution in [0.15, 0.2) is 39.8 Å². The summed E-state index contributed by atoms with van der Waals surface area (Å²) in [4.78, 5) is 9.83. The average Bonchev–Trinajstić information content (AvgIpc) is 3.20. The van der Waals surface area contributed by atoms with Gasteiger partial charge in [-0.15, -0.1) is 0 Å². The summed E-state index contributed by atoms with van der Waals surface area (Å²) in [5.41, 5.74) is 8.41. The molecule has 3 heterocycles. The van der Waals surface area contributed by atoms with Crippen molar-refractivity contribution in [3.63, 3.8) is 0 Å². The van der Waals surface area contributed by atoms with Crippen LogP contribution < -0.4 is 5.73 Å². The van der Waals surface area contributed by atoms with Gasteiger partial charge < -0.3 is 19.5 Å². The van der Waals surface area contributed by atoms with E-state index in [1.807, 2.05) is 20.0 Å². The van der Waals surface area contributed by atoms with E-state index >= 15 is 0 Å². The number of aldehydes is 1. The van der Waals surface area contributed by atoms with Crippen molar-refractivity contribution in [2.75, 3.05) is 5.73 Å². The molecule has 0 amide bonds. The van der Waals surface area contributed by atoms with E-state index in [0.717, 1.165) is 28.9 Å². The van der Waals surface area contributed by atoms with Crippen LogP contribution in [0.25, 0.3) is 0 Å². The fourth-order valence-corrected chi connectivity index (χ4v) is 1.86. The van der Waals surface area contributed by atoms with E-state index in [1.54, 1.807) is 29.3 Å². The van der Waals surface area contributed by atoms with E-state index in [2.05, 4.69) is 10.3 Å². The van der Waals surface area contributed by atoms with E-state index in [4.69, 9.17) is 14.7 Å². The molecule has 0 aromatic carbocycles. The van der Waals surface area contributed by atoms with Gasteiger partial charge in [0.1, 0.15) is 17.9 Å². The number of nitrogen functional groups attached to an aromatic ring is 1. The highest BCUT2D eigenvalue weighted by Gasteiger charge is 2.09. The summed E-state index contributed by atoms with van der Waals surface area (Å²) in [6, 6.07) is 3.53. The van der Waals surface area contributed by atoms with Crippen molar-refractivity contribution in [2.24, 2.45) is 0 Å². The van der Waals surface area contributed by atoms with Crippen LogP contribution in [0.1, 0.15) is 22.6 Å². The highest BCUT2D eigenvalue weighted by molar-refractivity contribution is 5.54. The SMILES string of the molecule is Cc1noc(C)c1Cn1ccc(N)n1.O=CCc1ccoc1. The molecule has 0 radical (unpaired) electrons. The molecule has 0 saturated carbocycles. The second-order valence-corrected chi connectivity index (χ2v) is 4.74. The first-order valence-corrected chi connectivity index (χ1v) is 6.75. The normalized spacial score (nSPS) is 10.1. The largest absolute Gasteiger partial charge is 0.472 e. The van der Waals surface area contributed by atoms with Crippen molar-refractivity contribution in [2.45, 2.75) is 26.8 Å². The first kappa shape index (κ1) is 15.6. The summed E-state index contributed by atoms with van der Waals surface area (Å²) in [7, 11) is 0. The van der Waals surface area contributed by atoms with Gasteiger partial charge in [-0.25, -0.2) is 0 Å². The van der Waals surface area contributed by atoms with E-state index in [9.17, 15) is 4.79 Å². The predicted octanol–water partition coefficient (Wildman–Crippen LogP) is 2.14. The molecule has 22 heavy (non-hydrogen) atoms. The molecule has 0 aliphatic heterocycles. The second kappa shape index (κ2) is 7.26. The molecule has 7 heteroatoms. The van der Waals surface area contributed by atoms with Gasteiger partial charge in [-0.2, -0.15) is 5.10 Å². The number of furan rings is 1. The first-order valence-electron chi connectivity index (χ1n) is 6.75. The monoisotopic (exact) mass is 302 g/mol. The standard InChI is InChI=1S/C9H12N4O.C6H6O2/c1-6-8(7(2)14-12-6)5-13-4-3-9(10)11-13;7-3-1-6-2-4-8-5-6/h3-4H,5H2,1-2H3,(H2,10,11);2-5H,1H2. The lowest BCUT2D eigenvalue weighted by Gasteiger charge is -1.99. The Labute approximate surface area is 127 Å². The molecule has 0 saturated heterocycles. The van der Waals surface area contributed by atoms with Crippen molar-refractivity contribution in [3.8, 4) is 0 Å². The number of hydrogen-bond donors (Lipinski definition) is 1. The highest BCUT2D eigenvalue weighted by atomic mass is 16.5. The summed E-state index contributed by atoms with van der Waals surface area (Å²) in [6.45, 7) is 4.46. The first-order chi connectivity index (χ1) is 10.6. The molecule has 116 valence electrons. The average molecular weight is 302 g/mol. The molecule has 7 nitrogen and oxygen atoms in total. The van der Waals surface area contributed by atoms with Crippen LogP contribution in [0.3, 0.4) is 0 Å². The lowest BCUT2D eigenvalue weighted by atomic mass is 10.2. The van der Waals surface area contributed by atoms with Crippen LogP contribution >= 0.6 is 0 Å². The third-order valence-electron chi connectivity index (χ3n) is 3.06. The van der Waals surface area contributed by atoms with Crippen LogP contribution in [0.4, 0.5) is 5.82 Å². The molecule has 3 aromatic heterocycles. The van der Waals surface area contributed by atoms with E-state index in [1.165, 1.54) is 0 Å². The number of hydrogen-bond acceptors (Lipinski definition) is 6. The maximum atomic E-state index is 9.83. The van der Waals surface area contributed by atoms with E-state index in [0.29, 0.717) is 18.8 Å². The van der Waals surface area contributed by atoms with Crippen LogP contribution in [0.2, 0.25) is 0 Å². The van der Waals surface area contributed by atoms with Crippen LogP contribution in [0, 0.1) is 13.8 Å². The summed E-state index contributed by atoms with van der Waals surface area (Å²) in [6.07, 6.45) is 6.26. The minimum absolute atomic E-state index is 0.455. The molecular formula is C15H18N4O3. The zero-order chi connectivity index (χ0) is 15.9. The number of rotatable bonds is 4. The predicted molar refractivity (Wildman–Crippen MR) is 80.2 cm³/mol. The fourth-order valence-electron chi connectivity index (χ4n) is 1.86. The lowest BCUT2D eigenvalue weighted by Crippen LogP contribution is -2.02. The Morgan fingerprint density at radius 1 is 1.36 bits per heavy atom. The number of aryl methyl sites for hydroxylation is 2. The fraction of sp³-hybridized carbons (Fsp3) is 0.267. The van der Waals surface area contributed by atoms with Crippen molar-refractivity contribution < 1.29 is 13.7 Å². The van der Waals surface area contributed by atoms with Gasteiger partial charge >= 0.3 is 0 Å². The molecular weight excluding hydrogens is 284 g/mol. The summed E-state index contributed by atoms with van der Waals surface area (Å²) >= 11 is 0. The summed E-state index contributed by atoms with van der Waals surface area (Å²) < 4.78 is 11.5. The second-order valence-electron chi connectivity index (χ2n) is 4.74. The van der Waals surface area contributed by atoms with Crippen molar-refractivity contribution in [1.82, 2.24) is 14.9 Å². The topological polar surface area (TPSA) is 100 Å². The zero-order valence-electron chi connectivity index (χ0n) is 12.5. The molecule has 0 unspecified atom stereocenters. The third kappa shape index (κ3) is 4.08. The Morgan fingerprint density at radius 3 is 2.68 bits per heavy atom. The smallest absolute Gasteiger partial charge is 0.145 e. The number of anilines is 1. The van der Waals surface area contributed by atoms with Gasteiger partial charge in [0.05, 0.1) is 24.8 Å². The maximum Gasteiger partial charge on any atom is 0.145 e. The quantitative estimate of drug-likeness (QED) is 0.741. The molecule has 0 bridgehead atoms. The number of nitrogens with zero attached hydrogens (tertiary/aromatic N) is 3. The zero-order valence-corrected chi connectivity index (χ0v) is 12.5. The number of carbonyl (C=O) groups is 1. The van der Waals surface area contributed by atoms with Gasteiger partial charge in [0.2, 0.25) is 0 Å². The van der Waals surface area contributed by atoms with Gasteiger partial charge in [-0.3, -0.25) is 4.68 Å². The molecule has 3 rings (SSSR count). The molecule has 0 spiro atoms. The minimum Gasteiger partial charge on any atom is -0.472 e. The van der Waals surface area contributed by atoms with Crippen molar-refractivity contribution in [3.05, 3.63) is 53.4 Å². The Balaban J connectivity index is 0.000000188.